The van der Waals surface area contributed by atoms with Crippen LogP contribution in [-0.2, 0) is 6.54 Å². The Kier molecular flexibility index (Phi) is 2.14. The summed E-state index contributed by atoms with van der Waals surface area (Å²) in [5, 5.41) is 4.63. The maximum Gasteiger partial charge on any atom is 0.0658 e. The summed E-state index contributed by atoms with van der Waals surface area (Å²) in [6.07, 6.45) is 2.69. The van der Waals surface area contributed by atoms with Crippen molar-refractivity contribution in [1.29, 1.82) is 0 Å². The molecule has 72 valence electrons. The second kappa shape index (κ2) is 3.17. The fourth-order valence-corrected chi connectivity index (χ4v) is 1.75. The summed E-state index contributed by atoms with van der Waals surface area (Å²) in [4.78, 5) is 0. The first-order valence-electron chi connectivity index (χ1n) is 5.30. The van der Waals surface area contributed by atoms with Gasteiger partial charge in [-0.1, -0.05) is 13.8 Å². The Bertz CT molecular complexity index is 295. The quantitative estimate of drug-likeness (QED) is 0.696. The molecule has 0 unspecified atom stereocenters. The van der Waals surface area contributed by atoms with Gasteiger partial charge in [0.25, 0.3) is 0 Å². The van der Waals surface area contributed by atoms with E-state index in [0.29, 0.717) is 5.92 Å². The first-order chi connectivity index (χ1) is 6.22. The fraction of sp³-hybridized carbons (Fsp3) is 0.727. The van der Waals surface area contributed by atoms with E-state index in [0.717, 1.165) is 12.5 Å². The Morgan fingerprint density at radius 2 is 2.23 bits per heavy atom. The van der Waals surface area contributed by atoms with Crippen molar-refractivity contribution in [3.05, 3.63) is 17.5 Å². The van der Waals surface area contributed by atoms with E-state index in [2.05, 4.69) is 36.6 Å². The van der Waals surface area contributed by atoms with E-state index in [1.165, 1.54) is 24.2 Å². The minimum absolute atomic E-state index is 0.597. The van der Waals surface area contributed by atoms with Crippen LogP contribution < -0.4 is 0 Å². The van der Waals surface area contributed by atoms with Crippen LogP contribution in [0.2, 0.25) is 0 Å². The molecule has 2 rings (SSSR count). The molecule has 0 radical (unpaired) electrons. The van der Waals surface area contributed by atoms with E-state index in [4.69, 9.17) is 0 Å². The smallest absolute Gasteiger partial charge is 0.0658 e. The zero-order chi connectivity index (χ0) is 9.42. The van der Waals surface area contributed by atoms with Crippen LogP contribution >= 0.6 is 0 Å². The maximum absolute atomic E-state index is 4.63. The minimum Gasteiger partial charge on any atom is -0.269 e. The molecule has 0 saturated heterocycles. The third kappa shape index (κ3) is 1.62. The molecule has 1 heterocycles. The van der Waals surface area contributed by atoms with Gasteiger partial charge in [-0.15, -0.1) is 0 Å². The van der Waals surface area contributed by atoms with Gasteiger partial charge in [0.1, 0.15) is 0 Å². The Balaban J connectivity index is 2.30. The first-order valence-corrected chi connectivity index (χ1v) is 5.30. The summed E-state index contributed by atoms with van der Waals surface area (Å²) >= 11 is 0. The van der Waals surface area contributed by atoms with Crippen LogP contribution in [0.3, 0.4) is 0 Å². The molecule has 0 spiro atoms. The Hall–Kier alpha value is -0.790. The first kappa shape index (κ1) is 8.79. The highest BCUT2D eigenvalue weighted by molar-refractivity contribution is 5.20. The lowest BCUT2D eigenvalue weighted by Gasteiger charge is -2.06. The van der Waals surface area contributed by atoms with E-state index < -0.39 is 0 Å². The van der Waals surface area contributed by atoms with Crippen molar-refractivity contribution < 1.29 is 0 Å². The van der Waals surface area contributed by atoms with Crippen LogP contribution in [0.25, 0.3) is 0 Å². The standard InChI is InChI=1S/C11H18N2/c1-4-13-11(8(2)3)7-10(12-13)9-5-6-9/h7-9H,4-6H2,1-3H3. The molecule has 1 saturated carbocycles. The van der Waals surface area contributed by atoms with Gasteiger partial charge < -0.3 is 0 Å². The number of hydrogen-bond acceptors (Lipinski definition) is 1. The number of rotatable bonds is 3. The molecule has 1 aliphatic carbocycles. The average Bonchev–Trinajstić information content (AvgIpc) is 2.84. The molecule has 0 atom stereocenters. The highest BCUT2D eigenvalue weighted by Crippen LogP contribution is 2.40. The van der Waals surface area contributed by atoms with Crippen molar-refractivity contribution in [2.45, 2.75) is 52.0 Å². The largest absolute Gasteiger partial charge is 0.269 e. The molecule has 0 amide bonds. The molecule has 1 aromatic rings. The van der Waals surface area contributed by atoms with Crippen molar-refractivity contribution in [3.63, 3.8) is 0 Å². The molecular weight excluding hydrogens is 160 g/mol. The summed E-state index contributed by atoms with van der Waals surface area (Å²) in [5.74, 6) is 1.38. The predicted molar refractivity (Wildman–Crippen MR) is 54.0 cm³/mol. The molecule has 2 nitrogen and oxygen atoms in total. The average molecular weight is 178 g/mol. The van der Waals surface area contributed by atoms with Gasteiger partial charge in [-0.2, -0.15) is 5.10 Å². The van der Waals surface area contributed by atoms with Gasteiger partial charge >= 0.3 is 0 Å². The minimum atomic E-state index is 0.597. The lowest BCUT2D eigenvalue weighted by Crippen LogP contribution is -2.03. The number of hydrogen-bond donors (Lipinski definition) is 0. The van der Waals surface area contributed by atoms with Crippen molar-refractivity contribution >= 4 is 0 Å². The van der Waals surface area contributed by atoms with Crippen LogP contribution in [0.5, 0.6) is 0 Å². The summed E-state index contributed by atoms with van der Waals surface area (Å²) in [6, 6.07) is 2.30. The third-order valence-electron chi connectivity index (χ3n) is 2.72. The van der Waals surface area contributed by atoms with Crippen LogP contribution in [0.4, 0.5) is 0 Å². The highest BCUT2D eigenvalue weighted by atomic mass is 15.3. The predicted octanol–water partition coefficient (Wildman–Crippen LogP) is 2.90. The molecule has 2 heteroatoms. The van der Waals surface area contributed by atoms with Gasteiger partial charge in [0.2, 0.25) is 0 Å². The molecule has 1 fully saturated rings. The summed E-state index contributed by atoms with van der Waals surface area (Å²) in [5.41, 5.74) is 2.72. The normalized spacial score (nSPS) is 16.9. The number of aromatic nitrogens is 2. The Labute approximate surface area is 80.0 Å². The number of aryl methyl sites for hydroxylation is 1. The van der Waals surface area contributed by atoms with Gasteiger partial charge in [0, 0.05) is 18.2 Å². The van der Waals surface area contributed by atoms with Crippen molar-refractivity contribution in [2.75, 3.05) is 0 Å². The van der Waals surface area contributed by atoms with Crippen LogP contribution in [0.1, 0.15) is 56.8 Å². The summed E-state index contributed by atoms with van der Waals surface area (Å²) in [6.45, 7) is 7.63. The summed E-state index contributed by atoms with van der Waals surface area (Å²) < 4.78 is 2.15. The van der Waals surface area contributed by atoms with Crippen LogP contribution in [0, 0.1) is 0 Å². The van der Waals surface area contributed by atoms with E-state index in [9.17, 15) is 0 Å². The topological polar surface area (TPSA) is 17.8 Å². The SMILES string of the molecule is CCn1nc(C2CC2)cc1C(C)C. The molecule has 0 N–H and O–H groups in total. The Morgan fingerprint density at radius 1 is 1.54 bits per heavy atom. The van der Waals surface area contributed by atoms with Crippen molar-refractivity contribution in [1.82, 2.24) is 9.78 Å². The maximum atomic E-state index is 4.63. The zero-order valence-corrected chi connectivity index (χ0v) is 8.75. The van der Waals surface area contributed by atoms with Crippen molar-refractivity contribution in [2.24, 2.45) is 0 Å². The van der Waals surface area contributed by atoms with E-state index in [1.807, 2.05) is 0 Å². The fourth-order valence-electron chi connectivity index (χ4n) is 1.75. The van der Waals surface area contributed by atoms with Gasteiger partial charge in [-0.05, 0) is 31.7 Å². The lowest BCUT2D eigenvalue weighted by atomic mass is 10.1. The molecule has 1 aliphatic rings. The number of nitrogens with zero attached hydrogens (tertiary/aromatic N) is 2. The highest BCUT2D eigenvalue weighted by Gasteiger charge is 2.27. The lowest BCUT2D eigenvalue weighted by molar-refractivity contribution is 0.592. The van der Waals surface area contributed by atoms with Crippen molar-refractivity contribution in [3.8, 4) is 0 Å². The van der Waals surface area contributed by atoms with Crippen LogP contribution in [-0.4, -0.2) is 9.78 Å². The molecule has 1 aromatic heterocycles. The second-order valence-corrected chi connectivity index (χ2v) is 4.24. The zero-order valence-electron chi connectivity index (χ0n) is 8.75. The molecule has 0 aromatic carbocycles. The Morgan fingerprint density at radius 3 is 2.62 bits per heavy atom. The second-order valence-electron chi connectivity index (χ2n) is 4.24. The van der Waals surface area contributed by atoms with Gasteiger partial charge in [0.05, 0.1) is 5.69 Å². The van der Waals surface area contributed by atoms with E-state index >= 15 is 0 Å². The monoisotopic (exact) mass is 178 g/mol. The molecule has 13 heavy (non-hydrogen) atoms. The van der Waals surface area contributed by atoms with Gasteiger partial charge in [-0.25, -0.2) is 0 Å². The molecular formula is C11H18N2. The molecule has 0 aliphatic heterocycles. The van der Waals surface area contributed by atoms with E-state index in [1.54, 1.807) is 0 Å². The van der Waals surface area contributed by atoms with Gasteiger partial charge in [-0.3, -0.25) is 4.68 Å². The summed E-state index contributed by atoms with van der Waals surface area (Å²) in [7, 11) is 0. The van der Waals surface area contributed by atoms with Crippen LogP contribution in [0.15, 0.2) is 6.07 Å². The van der Waals surface area contributed by atoms with E-state index in [-0.39, 0.29) is 0 Å². The molecule has 0 bridgehead atoms. The third-order valence-corrected chi connectivity index (χ3v) is 2.72. The van der Waals surface area contributed by atoms with Gasteiger partial charge in [0.15, 0.2) is 0 Å².